The number of amides is 1. The number of nitrogens with zero attached hydrogens (tertiary/aromatic N) is 2. The lowest BCUT2D eigenvalue weighted by Crippen LogP contribution is -2.18. The molecule has 43 heavy (non-hydrogen) atoms. The highest BCUT2D eigenvalue weighted by atomic mass is 79.9. The molecule has 0 saturated heterocycles. The summed E-state index contributed by atoms with van der Waals surface area (Å²) >= 11 is 3.45. The van der Waals surface area contributed by atoms with Gasteiger partial charge in [-0.1, -0.05) is 46.3 Å². The van der Waals surface area contributed by atoms with Crippen molar-refractivity contribution >= 4 is 44.9 Å². The van der Waals surface area contributed by atoms with Gasteiger partial charge >= 0.3 is 5.97 Å². The van der Waals surface area contributed by atoms with E-state index in [1.807, 2.05) is 48.5 Å². The first-order chi connectivity index (χ1) is 20.9. The number of ether oxygens (including phenoxy) is 4. The number of halogens is 1. The number of methoxy groups -OCH3 is 3. The molecule has 1 aromatic heterocycles. The number of carbonyl (C=O) groups excluding carboxylic acids is 2. The fourth-order valence-electron chi connectivity index (χ4n) is 4.33. The van der Waals surface area contributed by atoms with Gasteiger partial charge in [-0.25, -0.2) is 15.2 Å². The first kappa shape index (κ1) is 29.3. The van der Waals surface area contributed by atoms with E-state index in [1.54, 1.807) is 36.4 Å². The minimum atomic E-state index is -0.597. The van der Waals surface area contributed by atoms with Gasteiger partial charge in [-0.3, -0.25) is 4.79 Å². The number of hydrazone groups is 1. The number of carbonyl (C=O) groups is 2. The molecule has 0 unspecified atom stereocenters. The first-order valence-corrected chi connectivity index (χ1v) is 13.8. The standard InChI is InChI=1S/C33H26BrN3O6/c1-40-28-15-11-22(17-31(28)42-3)33(39)43-29-14-8-20(16-30(29)41-2)19-35-37-32(38)25-18-27(21-9-12-23(34)13-10-21)36-26-7-5-4-6-24(25)26/h4-19H,1-3H3,(H,37,38). The third kappa shape index (κ3) is 6.65. The summed E-state index contributed by atoms with van der Waals surface area (Å²) < 4.78 is 22.4. The van der Waals surface area contributed by atoms with Gasteiger partial charge in [0.05, 0.1) is 49.9 Å². The van der Waals surface area contributed by atoms with Gasteiger partial charge in [-0.15, -0.1) is 0 Å². The maximum absolute atomic E-state index is 13.2. The van der Waals surface area contributed by atoms with Crippen LogP contribution in [0.2, 0.25) is 0 Å². The van der Waals surface area contributed by atoms with Crippen LogP contribution in [-0.4, -0.2) is 44.4 Å². The molecule has 0 atom stereocenters. The number of para-hydroxylation sites is 1. The summed E-state index contributed by atoms with van der Waals surface area (Å²) in [4.78, 5) is 30.8. The quantitative estimate of drug-likeness (QED) is 0.0830. The van der Waals surface area contributed by atoms with Gasteiger partial charge in [0, 0.05) is 15.4 Å². The molecule has 1 N–H and O–H groups in total. The molecule has 5 aromatic rings. The fraction of sp³-hybridized carbons (Fsp3) is 0.0909. The van der Waals surface area contributed by atoms with E-state index in [9.17, 15) is 9.59 Å². The van der Waals surface area contributed by atoms with Crippen molar-refractivity contribution in [2.45, 2.75) is 0 Å². The lowest BCUT2D eigenvalue weighted by molar-refractivity contribution is 0.0729. The summed E-state index contributed by atoms with van der Waals surface area (Å²) in [5.74, 6) is 0.438. The molecule has 0 fully saturated rings. The van der Waals surface area contributed by atoms with Crippen LogP contribution in [0.3, 0.4) is 0 Å². The van der Waals surface area contributed by atoms with Gasteiger partial charge in [0.1, 0.15) is 0 Å². The number of esters is 1. The molecule has 4 aromatic carbocycles. The predicted molar refractivity (Wildman–Crippen MR) is 167 cm³/mol. The van der Waals surface area contributed by atoms with E-state index < -0.39 is 5.97 Å². The van der Waals surface area contributed by atoms with Crippen molar-refractivity contribution in [1.82, 2.24) is 10.4 Å². The van der Waals surface area contributed by atoms with Gasteiger partial charge < -0.3 is 18.9 Å². The zero-order chi connectivity index (χ0) is 30.3. The van der Waals surface area contributed by atoms with Gasteiger partial charge in [-0.05, 0) is 66.2 Å². The minimum Gasteiger partial charge on any atom is -0.493 e. The van der Waals surface area contributed by atoms with Crippen LogP contribution >= 0.6 is 15.9 Å². The lowest BCUT2D eigenvalue weighted by Gasteiger charge is -2.12. The largest absolute Gasteiger partial charge is 0.493 e. The molecule has 0 aliphatic rings. The maximum Gasteiger partial charge on any atom is 0.343 e. The highest BCUT2D eigenvalue weighted by Crippen LogP contribution is 2.31. The van der Waals surface area contributed by atoms with Crippen molar-refractivity contribution in [2.24, 2.45) is 5.10 Å². The predicted octanol–water partition coefficient (Wildman–Crippen LogP) is 6.67. The molecule has 1 heterocycles. The van der Waals surface area contributed by atoms with Crippen molar-refractivity contribution in [1.29, 1.82) is 0 Å². The minimum absolute atomic E-state index is 0.215. The normalized spacial score (nSPS) is 10.9. The van der Waals surface area contributed by atoms with E-state index in [0.29, 0.717) is 45.0 Å². The number of fused-ring (bicyclic) bond motifs is 1. The third-order valence-electron chi connectivity index (χ3n) is 6.49. The molecule has 0 bridgehead atoms. The van der Waals surface area contributed by atoms with Crippen LogP contribution in [0.25, 0.3) is 22.2 Å². The summed E-state index contributed by atoms with van der Waals surface area (Å²) in [5.41, 5.74) is 6.17. The van der Waals surface area contributed by atoms with Crippen molar-refractivity contribution in [3.63, 3.8) is 0 Å². The number of benzene rings is 4. The van der Waals surface area contributed by atoms with E-state index in [1.165, 1.54) is 33.6 Å². The molecule has 216 valence electrons. The first-order valence-electron chi connectivity index (χ1n) is 13.0. The summed E-state index contributed by atoms with van der Waals surface area (Å²) in [6.45, 7) is 0. The number of pyridine rings is 1. The molecule has 0 spiro atoms. The molecular weight excluding hydrogens is 614 g/mol. The van der Waals surface area contributed by atoms with Gasteiger partial charge in [0.15, 0.2) is 23.0 Å². The van der Waals surface area contributed by atoms with E-state index >= 15 is 0 Å². The number of rotatable bonds is 9. The van der Waals surface area contributed by atoms with Crippen LogP contribution < -0.4 is 24.4 Å². The van der Waals surface area contributed by atoms with Gasteiger partial charge in [0.25, 0.3) is 5.91 Å². The molecular formula is C33H26BrN3O6. The second kappa shape index (κ2) is 13.2. The Kier molecular flexibility index (Phi) is 8.97. The average Bonchev–Trinajstić information content (AvgIpc) is 3.04. The van der Waals surface area contributed by atoms with Crippen LogP contribution in [0.4, 0.5) is 0 Å². The summed E-state index contributed by atoms with van der Waals surface area (Å²) in [7, 11) is 4.46. The van der Waals surface area contributed by atoms with E-state index in [-0.39, 0.29) is 17.2 Å². The molecule has 0 aliphatic carbocycles. The Morgan fingerprint density at radius 2 is 1.49 bits per heavy atom. The Morgan fingerprint density at radius 3 is 2.23 bits per heavy atom. The Hall–Kier alpha value is -5.22. The van der Waals surface area contributed by atoms with Gasteiger partial charge in [-0.2, -0.15) is 5.10 Å². The van der Waals surface area contributed by atoms with Crippen molar-refractivity contribution in [3.8, 4) is 34.3 Å². The lowest BCUT2D eigenvalue weighted by atomic mass is 10.0. The van der Waals surface area contributed by atoms with Crippen molar-refractivity contribution in [2.75, 3.05) is 21.3 Å². The van der Waals surface area contributed by atoms with E-state index in [2.05, 4.69) is 26.5 Å². The Balaban J connectivity index is 1.32. The molecule has 0 aliphatic heterocycles. The van der Waals surface area contributed by atoms with Crippen LogP contribution in [0.5, 0.6) is 23.0 Å². The molecule has 1 amide bonds. The zero-order valence-corrected chi connectivity index (χ0v) is 25.0. The van der Waals surface area contributed by atoms with Crippen LogP contribution in [0, 0.1) is 0 Å². The molecule has 10 heteroatoms. The van der Waals surface area contributed by atoms with E-state index in [0.717, 1.165) is 10.0 Å². The highest BCUT2D eigenvalue weighted by Gasteiger charge is 2.16. The second-order valence-corrected chi connectivity index (χ2v) is 10.1. The number of nitrogens with one attached hydrogen (secondary N) is 1. The molecule has 0 radical (unpaired) electrons. The fourth-order valence-corrected chi connectivity index (χ4v) is 4.59. The highest BCUT2D eigenvalue weighted by molar-refractivity contribution is 9.10. The summed E-state index contributed by atoms with van der Waals surface area (Å²) in [5, 5.41) is 4.85. The smallest absolute Gasteiger partial charge is 0.343 e. The topological polar surface area (TPSA) is 108 Å². The monoisotopic (exact) mass is 639 g/mol. The number of hydrogen-bond donors (Lipinski definition) is 1. The summed E-state index contributed by atoms with van der Waals surface area (Å²) in [6, 6.07) is 26.6. The molecule has 9 nitrogen and oxygen atoms in total. The van der Waals surface area contributed by atoms with Crippen LogP contribution in [0.15, 0.2) is 101 Å². The van der Waals surface area contributed by atoms with Crippen molar-refractivity contribution < 1.29 is 28.5 Å². The third-order valence-corrected chi connectivity index (χ3v) is 7.02. The zero-order valence-electron chi connectivity index (χ0n) is 23.5. The van der Waals surface area contributed by atoms with Crippen LogP contribution in [0.1, 0.15) is 26.3 Å². The second-order valence-electron chi connectivity index (χ2n) is 9.15. The van der Waals surface area contributed by atoms with E-state index in [4.69, 9.17) is 23.9 Å². The Morgan fingerprint density at radius 1 is 0.791 bits per heavy atom. The number of hydrogen-bond acceptors (Lipinski definition) is 8. The Labute approximate surface area is 256 Å². The number of aromatic nitrogens is 1. The SMILES string of the molecule is COc1ccc(C(=O)Oc2ccc(C=NNC(=O)c3cc(-c4ccc(Br)cc4)nc4ccccc34)cc2OC)cc1OC. The van der Waals surface area contributed by atoms with Crippen LogP contribution in [-0.2, 0) is 0 Å². The molecule has 0 saturated carbocycles. The van der Waals surface area contributed by atoms with Crippen molar-refractivity contribution in [3.05, 3.63) is 112 Å². The maximum atomic E-state index is 13.2. The average molecular weight is 640 g/mol. The van der Waals surface area contributed by atoms with Gasteiger partial charge in [0.2, 0.25) is 0 Å². The Bertz CT molecular complexity index is 1840. The summed E-state index contributed by atoms with van der Waals surface area (Å²) in [6.07, 6.45) is 1.47. The molecule has 5 rings (SSSR count).